The number of Topliss-reactive ketones (excluding diaryl/α,β-unsaturated/α-hetero) is 1. The molecule has 0 radical (unpaired) electrons. The molecule has 0 unspecified atom stereocenters. The van der Waals surface area contributed by atoms with Crippen molar-refractivity contribution in [1.82, 2.24) is 4.90 Å². The van der Waals surface area contributed by atoms with Crippen LogP contribution in [0.4, 0.5) is 4.39 Å². The highest BCUT2D eigenvalue weighted by Gasteiger charge is 2.37. The molecule has 0 bridgehead atoms. The third-order valence-electron chi connectivity index (χ3n) is 4.92. The Kier molecular flexibility index (Phi) is 5.55. The highest BCUT2D eigenvalue weighted by molar-refractivity contribution is 6.04. The van der Waals surface area contributed by atoms with E-state index in [1.807, 2.05) is 51.4 Å². The SMILES string of the molecule is Cc1cc(C(=O)[C@@](C)(C[C@H](C)N(C)C)c2ccccc2)ccc1F. The van der Waals surface area contributed by atoms with Gasteiger partial charge in [-0.05, 0) is 70.6 Å². The van der Waals surface area contributed by atoms with Gasteiger partial charge in [-0.25, -0.2) is 4.39 Å². The maximum Gasteiger partial charge on any atom is 0.173 e. The largest absolute Gasteiger partial charge is 0.307 e. The molecule has 2 atom stereocenters. The summed E-state index contributed by atoms with van der Waals surface area (Å²) < 4.78 is 13.6. The molecule has 2 nitrogen and oxygen atoms in total. The summed E-state index contributed by atoms with van der Waals surface area (Å²) in [6, 6.07) is 14.7. The maximum absolute atomic E-state index is 13.6. The van der Waals surface area contributed by atoms with Gasteiger partial charge in [-0.1, -0.05) is 30.3 Å². The first kappa shape index (κ1) is 18.3. The van der Waals surface area contributed by atoms with E-state index < -0.39 is 5.41 Å². The van der Waals surface area contributed by atoms with Crippen molar-refractivity contribution in [1.29, 1.82) is 0 Å². The number of carbonyl (C=O) groups excluding carboxylic acids is 1. The normalized spacial score (nSPS) is 15.1. The summed E-state index contributed by atoms with van der Waals surface area (Å²) in [6.07, 6.45) is 0.694. The van der Waals surface area contributed by atoms with Gasteiger partial charge in [-0.3, -0.25) is 4.79 Å². The van der Waals surface area contributed by atoms with Gasteiger partial charge in [0.25, 0.3) is 0 Å². The van der Waals surface area contributed by atoms with E-state index in [-0.39, 0.29) is 17.6 Å². The predicted molar refractivity (Wildman–Crippen MR) is 97.0 cm³/mol. The molecule has 0 saturated carbocycles. The van der Waals surface area contributed by atoms with Gasteiger partial charge in [-0.2, -0.15) is 0 Å². The highest BCUT2D eigenvalue weighted by atomic mass is 19.1. The molecule has 0 aliphatic carbocycles. The molecule has 2 aromatic carbocycles. The molecular weight excluding hydrogens is 301 g/mol. The minimum absolute atomic E-state index is 0.0329. The molecular formula is C21H26FNO. The van der Waals surface area contributed by atoms with Crippen LogP contribution in [0.15, 0.2) is 48.5 Å². The Hall–Kier alpha value is -2.00. The van der Waals surface area contributed by atoms with Gasteiger partial charge >= 0.3 is 0 Å². The molecule has 24 heavy (non-hydrogen) atoms. The van der Waals surface area contributed by atoms with E-state index in [9.17, 15) is 9.18 Å². The topological polar surface area (TPSA) is 20.3 Å². The van der Waals surface area contributed by atoms with Crippen molar-refractivity contribution in [3.05, 3.63) is 71.0 Å². The van der Waals surface area contributed by atoms with Gasteiger partial charge in [0.1, 0.15) is 5.82 Å². The number of rotatable bonds is 6. The minimum atomic E-state index is -0.658. The number of nitrogens with zero attached hydrogens (tertiary/aromatic N) is 1. The zero-order valence-electron chi connectivity index (χ0n) is 15.1. The van der Waals surface area contributed by atoms with E-state index in [1.165, 1.54) is 6.07 Å². The minimum Gasteiger partial charge on any atom is -0.307 e. The molecule has 2 rings (SSSR count). The Bertz CT molecular complexity index is 711. The lowest BCUT2D eigenvalue weighted by atomic mass is 9.72. The summed E-state index contributed by atoms with van der Waals surface area (Å²) in [4.78, 5) is 15.5. The smallest absolute Gasteiger partial charge is 0.173 e. The Morgan fingerprint density at radius 2 is 1.79 bits per heavy atom. The first-order valence-corrected chi connectivity index (χ1v) is 8.28. The fourth-order valence-corrected chi connectivity index (χ4v) is 3.03. The average Bonchev–Trinajstić information content (AvgIpc) is 2.57. The second-order valence-corrected chi connectivity index (χ2v) is 7.01. The molecule has 3 heteroatoms. The quantitative estimate of drug-likeness (QED) is 0.722. The van der Waals surface area contributed by atoms with Crippen molar-refractivity contribution in [3.8, 4) is 0 Å². The lowest BCUT2D eigenvalue weighted by Gasteiger charge is -2.34. The van der Waals surface area contributed by atoms with E-state index in [0.717, 1.165) is 5.56 Å². The summed E-state index contributed by atoms with van der Waals surface area (Å²) in [5.41, 5.74) is 1.39. The van der Waals surface area contributed by atoms with Gasteiger partial charge in [-0.15, -0.1) is 0 Å². The Labute approximate surface area is 144 Å². The number of aryl methyl sites for hydroxylation is 1. The molecule has 0 spiro atoms. The summed E-state index contributed by atoms with van der Waals surface area (Å²) in [7, 11) is 4.03. The molecule has 0 fully saturated rings. The monoisotopic (exact) mass is 327 g/mol. The lowest BCUT2D eigenvalue weighted by molar-refractivity contribution is 0.0862. The van der Waals surface area contributed by atoms with Gasteiger partial charge in [0.15, 0.2) is 5.78 Å². The fraction of sp³-hybridized carbons (Fsp3) is 0.381. The Morgan fingerprint density at radius 3 is 2.33 bits per heavy atom. The van der Waals surface area contributed by atoms with Gasteiger partial charge in [0, 0.05) is 11.6 Å². The lowest BCUT2D eigenvalue weighted by Crippen LogP contribution is -2.40. The molecule has 0 aromatic heterocycles. The molecule has 0 amide bonds. The van der Waals surface area contributed by atoms with Crippen LogP contribution in [0.25, 0.3) is 0 Å². The van der Waals surface area contributed by atoms with Crippen molar-refractivity contribution < 1.29 is 9.18 Å². The van der Waals surface area contributed by atoms with E-state index in [4.69, 9.17) is 0 Å². The number of halogens is 1. The van der Waals surface area contributed by atoms with Crippen LogP contribution in [0.5, 0.6) is 0 Å². The predicted octanol–water partition coefficient (Wildman–Crippen LogP) is 4.61. The van der Waals surface area contributed by atoms with E-state index >= 15 is 0 Å². The second kappa shape index (κ2) is 7.27. The number of hydrogen-bond donors (Lipinski definition) is 0. The molecule has 0 aliphatic rings. The van der Waals surface area contributed by atoms with Crippen molar-refractivity contribution in [2.75, 3.05) is 14.1 Å². The van der Waals surface area contributed by atoms with Crippen molar-refractivity contribution >= 4 is 5.78 Å². The van der Waals surface area contributed by atoms with Crippen molar-refractivity contribution in [3.63, 3.8) is 0 Å². The van der Waals surface area contributed by atoms with Crippen LogP contribution in [-0.4, -0.2) is 30.8 Å². The standard InChI is InChI=1S/C21H26FNO/c1-15-13-17(11-12-19(15)22)20(24)21(3,14-16(2)23(4)5)18-9-7-6-8-10-18/h6-13,16H,14H2,1-5H3/t16-,21-/m0/s1. The van der Waals surface area contributed by atoms with E-state index in [2.05, 4.69) is 11.8 Å². The zero-order valence-corrected chi connectivity index (χ0v) is 15.1. The summed E-state index contributed by atoms with van der Waals surface area (Å²) in [6.45, 7) is 5.79. The fourth-order valence-electron chi connectivity index (χ4n) is 3.03. The van der Waals surface area contributed by atoms with Crippen LogP contribution in [0, 0.1) is 12.7 Å². The van der Waals surface area contributed by atoms with Gasteiger partial charge < -0.3 is 4.90 Å². The molecule has 0 saturated heterocycles. The summed E-state index contributed by atoms with van der Waals surface area (Å²) in [5, 5.41) is 0. The van der Waals surface area contributed by atoms with Crippen molar-refractivity contribution in [2.45, 2.75) is 38.6 Å². The molecule has 0 aliphatic heterocycles. The van der Waals surface area contributed by atoms with Crippen LogP contribution >= 0.6 is 0 Å². The number of hydrogen-bond acceptors (Lipinski definition) is 2. The van der Waals surface area contributed by atoms with Crippen molar-refractivity contribution in [2.24, 2.45) is 0 Å². The summed E-state index contributed by atoms with van der Waals surface area (Å²) >= 11 is 0. The third-order valence-corrected chi connectivity index (χ3v) is 4.92. The number of ketones is 1. The van der Waals surface area contributed by atoms with E-state index in [1.54, 1.807) is 19.1 Å². The van der Waals surface area contributed by atoms with Crippen LogP contribution in [0.3, 0.4) is 0 Å². The van der Waals surface area contributed by atoms with Gasteiger partial charge in [0.05, 0.1) is 5.41 Å². The van der Waals surface area contributed by atoms with Crippen LogP contribution < -0.4 is 0 Å². The first-order valence-electron chi connectivity index (χ1n) is 8.28. The van der Waals surface area contributed by atoms with Gasteiger partial charge in [0.2, 0.25) is 0 Å². The maximum atomic E-state index is 13.6. The average molecular weight is 327 g/mol. The molecule has 0 N–H and O–H groups in total. The van der Waals surface area contributed by atoms with Crippen LogP contribution in [0.2, 0.25) is 0 Å². The Morgan fingerprint density at radius 1 is 1.17 bits per heavy atom. The molecule has 128 valence electrons. The Balaban J connectivity index is 2.48. The zero-order chi connectivity index (χ0) is 17.9. The van der Waals surface area contributed by atoms with Crippen LogP contribution in [-0.2, 0) is 5.41 Å². The molecule has 2 aromatic rings. The number of carbonyl (C=O) groups is 1. The van der Waals surface area contributed by atoms with E-state index in [0.29, 0.717) is 17.5 Å². The van der Waals surface area contributed by atoms with Crippen LogP contribution in [0.1, 0.15) is 41.8 Å². The second-order valence-electron chi connectivity index (χ2n) is 7.01. The highest BCUT2D eigenvalue weighted by Crippen LogP contribution is 2.34. The summed E-state index contributed by atoms with van der Waals surface area (Å²) in [5.74, 6) is -0.250. The first-order chi connectivity index (χ1) is 11.3. The molecule has 0 heterocycles. The number of benzene rings is 2. The third kappa shape index (κ3) is 3.73.